The lowest BCUT2D eigenvalue weighted by Crippen LogP contribution is -2.26. The van der Waals surface area contributed by atoms with E-state index in [2.05, 4.69) is 5.32 Å². The molecule has 0 aromatic heterocycles. The highest BCUT2D eigenvalue weighted by molar-refractivity contribution is 7.92. The van der Waals surface area contributed by atoms with Crippen LogP contribution in [0.25, 0.3) is 0 Å². The number of anilines is 2. The lowest BCUT2D eigenvalue weighted by Gasteiger charge is -2.19. The van der Waals surface area contributed by atoms with E-state index in [9.17, 15) is 27.7 Å². The van der Waals surface area contributed by atoms with Gasteiger partial charge in [-0.2, -0.15) is 4.39 Å². The molecule has 8 nitrogen and oxygen atoms in total. The van der Waals surface area contributed by atoms with Crippen molar-refractivity contribution in [1.29, 1.82) is 0 Å². The molecule has 3 rings (SSSR count). The number of hydrogen-bond donors (Lipinski definition) is 1. The van der Waals surface area contributed by atoms with Crippen LogP contribution in [-0.2, 0) is 10.0 Å². The first kappa shape index (κ1) is 20.9. The van der Waals surface area contributed by atoms with Gasteiger partial charge in [0.25, 0.3) is 15.9 Å². The number of carbonyl (C=O) groups is 1. The third-order valence-electron chi connectivity index (χ3n) is 4.30. The average Bonchev–Trinajstić information content (AvgIpc) is 2.75. The van der Waals surface area contributed by atoms with Crippen molar-refractivity contribution in [3.8, 4) is 0 Å². The molecule has 0 radical (unpaired) electrons. The van der Waals surface area contributed by atoms with Crippen LogP contribution in [0.15, 0.2) is 77.7 Å². The molecule has 0 bridgehead atoms. The van der Waals surface area contributed by atoms with E-state index in [0.29, 0.717) is 5.69 Å². The Labute approximate surface area is 171 Å². The molecule has 30 heavy (non-hydrogen) atoms. The number of sulfonamides is 1. The average molecular weight is 429 g/mol. The highest BCUT2D eigenvalue weighted by atomic mass is 32.2. The van der Waals surface area contributed by atoms with Crippen molar-refractivity contribution in [3.63, 3.8) is 0 Å². The molecule has 0 heterocycles. The highest BCUT2D eigenvalue weighted by Crippen LogP contribution is 2.24. The monoisotopic (exact) mass is 429 g/mol. The molecule has 0 unspecified atom stereocenters. The Morgan fingerprint density at radius 3 is 2.27 bits per heavy atom. The Balaban J connectivity index is 1.79. The number of nitro benzene ring substituents is 1. The van der Waals surface area contributed by atoms with E-state index in [0.717, 1.165) is 16.4 Å². The van der Waals surface area contributed by atoms with E-state index < -0.39 is 32.4 Å². The summed E-state index contributed by atoms with van der Waals surface area (Å²) in [6.07, 6.45) is 0. The third-order valence-corrected chi connectivity index (χ3v) is 6.10. The van der Waals surface area contributed by atoms with Crippen LogP contribution < -0.4 is 9.62 Å². The van der Waals surface area contributed by atoms with Gasteiger partial charge < -0.3 is 5.32 Å². The lowest BCUT2D eigenvalue weighted by molar-refractivity contribution is -0.387. The Bertz CT molecular complexity index is 1200. The minimum atomic E-state index is -3.83. The maximum absolute atomic E-state index is 13.4. The summed E-state index contributed by atoms with van der Waals surface area (Å²) in [4.78, 5) is 22.3. The summed E-state index contributed by atoms with van der Waals surface area (Å²) < 4.78 is 40.1. The van der Waals surface area contributed by atoms with Gasteiger partial charge in [0.05, 0.1) is 15.5 Å². The van der Waals surface area contributed by atoms with Gasteiger partial charge >= 0.3 is 5.69 Å². The second-order valence-corrected chi connectivity index (χ2v) is 8.18. The van der Waals surface area contributed by atoms with Gasteiger partial charge in [-0.25, -0.2) is 8.42 Å². The number of para-hydroxylation sites is 1. The molecule has 0 saturated carbocycles. The smallest absolute Gasteiger partial charge is 0.306 e. The van der Waals surface area contributed by atoms with Gasteiger partial charge in [-0.15, -0.1) is 0 Å². The minimum absolute atomic E-state index is 0.0113. The van der Waals surface area contributed by atoms with Gasteiger partial charge in [0, 0.05) is 24.4 Å². The molecular formula is C20H16FN3O5S. The lowest BCUT2D eigenvalue weighted by atomic mass is 10.2. The summed E-state index contributed by atoms with van der Waals surface area (Å²) in [5.41, 5.74) is -0.118. The molecule has 0 aliphatic heterocycles. The molecule has 1 N–H and O–H groups in total. The summed E-state index contributed by atoms with van der Waals surface area (Å²) in [5, 5.41) is 13.2. The molecule has 0 spiro atoms. The molecule has 3 aromatic rings. The van der Waals surface area contributed by atoms with Crippen LogP contribution in [0.2, 0.25) is 0 Å². The van der Waals surface area contributed by atoms with Gasteiger partial charge in [-0.3, -0.25) is 19.2 Å². The molecule has 0 saturated heterocycles. The number of halogens is 1. The Kier molecular flexibility index (Phi) is 5.79. The largest absolute Gasteiger partial charge is 0.322 e. The van der Waals surface area contributed by atoms with E-state index in [1.807, 2.05) is 0 Å². The third kappa shape index (κ3) is 4.28. The number of benzene rings is 3. The summed E-state index contributed by atoms with van der Waals surface area (Å²) in [6, 6.07) is 16.7. The number of hydrogen-bond acceptors (Lipinski definition) is 5. The standard InChI is InChI=1S/C20H16FN3O5S/c1-23(16-5-3-2-4-6-16)30(28,29)17-10-7-14(8-11-17)20(25)22-15-9-12-18(21)19(13-15)24(26)27/h2-13H,1H3,(H,22,25). The van der Waals surface area contributed by atoms with Gasteiger partial charge in [0.15, 0.2) is 0 Å². The predicted molar refractivity (Wildman–Crippen MR) is 109 cm³/mol. The zero-order valence-electron chi connectivity index (χ0n) is 15.7. The molecule has 1 amide bonds. The summed E-state index contributed by atoms with van der Waals surface area (Å²) in [6.45, 7) is 0. The van der Waals surface area contributed by atoms with Crippen LogP contribution in [0.3, 0.4) is 0 Å². The first-order chi connectivity index (χ1) is 14.2. The van der Waals surface area contributed by atoms with Crippen LogP contribution in [0, 0.1) is 15.9 Å². The molecule has 154 valence electrons. The van der Waals surface area contributed by atoms with Crippen LogP contribution in [0.1, 0.15) is 10.4 Å². The van der Waals surface area contributed by atoms with Crippen molar-refractivity contribution < 1.29 is 22.5 Å². The molecule has 0 atom stereocenters. The van der Waals surface area contributed by atoms with E-state index in [1.54, 1.807) is 30.3 Å². The fraction of sp³-hybridized carbons (Fsp3) is 0.0500. The first-order valence-corrected chi connectivity index (χ1v) is 10.0. The van der Waals surface area contributed by atoms with Crippen molar-refractivity contribution in [2.45, 2.75) is 4.90 Å². The van der Waals surface area contributed by atoms with Crippen molar-refractivity contribution in [1.82, 2.24) is 0 Å². The maximum atomic E-state index is 13.4. The van der Waals surface area contributed by atoms with Crippen molar-refractivity contribution in [2.75, 3.05) is 16.7 Å². The number of amides is 1. The fourth-order valence-corrected chi connectivity index (χ4v) is 3.84. The summed E-state index contributed by atoms with van der Waals surface area (Å²) in [7, 11) is -2.40. The number of nitrogens with zero attached hydrogens (tertiary/aromatic N) is 2. The van der Waals surface area contributed by atoms with Gasteiger partial charge in [0.2, 0.25) is 5.82 Å². The molecule has 0 aliphatic carbocycles. The number of nitro groups is 1. The molecule has 10 heteroatoms. The number of rotatable bonds is 6. The first-order valence-electron chi connectivity index (χ1n) is 8.59. The zero-order valence-corrected chi connectivity index (χ0v) is 16.5. The van der Waals surface area contributed by atoms with Gasteiger partial charge in [-0.05, 0) is 48.5 Å². The number of nitrogens with one attached hydrogen (secondary N) is 1. The minimum Gasteiger partial charge on any atom is -0.322 e. The molecule has 3 aromatic carbocycles. The topological polar surface area (TPSA) is 110 Å². The normalized spacial score (nSPS) is 11.0. The van der Waals surface area contributed by atoms with Gasteiger partial charge in [-0.1, -0.05) is 18.2 Å². The van der Waals surface area contributed by atoms with E-state index in [-0.39, 0.29) is 16.1 Å². The Hall–Kier alpha value is -3.79. The summed E-state index contributed by atoms with van der Waals surface area (Å²) in [5.74, 6) is -1.65. The second-order valence-electron chi connectivity index (χ2n) is 6.21. The van der Waals surface area contributed by atoms with Crippen molar-refractivity contribution in [3.05, 3.63) is 94.3 Å². The van der Waals surface area contributed by atoms with Crippen LogP contribution in [0.5, 0.6) is 0 Å². The van der Waals surface area contributed by atoms with E-state index in [4.69, 9.17) is 0 Å². The fourth-order valence-electron chi connectivity index (χ4n) is 2.65. The van der Waals surface area contributed by atoms with Crippen LogP contribution in [-0.4, -0.2) is 26.3 Å². The second kappa shape index (κ2) is 8.29. The predicted octanol–water partition coefficient (Wildman–Crippen LogP) is 3.81. The highest BCUT2D eigenvalue weighted by Gasteiger charge is 2.22. The SMILES string of the molecule is CN(c1ccccc1)S(=O)(=O)c1ccc(C(=O)Nc2ccc(F)c([N+](=O)[O-])c2)cc1. The van der Waals surface area contributed by atoms with Crippen molar-refractivity contribution >= 4 is 33.0 Å². The maximum Gasteiger partial charge on any atom is 0.306 e. The van der Waals surface area contributed by atoms with E-state index >= 15 is 0 Å². The molecule has 0 aliphatic rings. The van der Waals surface area contributed by atoms with E-state index in [1.165, 1.54) is 37.4 Å². The zero-order chi connectivity index (χ0) is 21.9. The van der Waals surface area contributed by atoms with Crippen molar-refractivity contribution in [2.24, 2.45) is 0 Å². The summed E-state index contributed by atoms with van der Waals surface area (Å²) >= 11 is 0. The quantitative estimate of drug-likeness (QED) is 0.473. The molecular weight excluding hydrogens is 413 g/mol. The Morgan fingerprint density at radius 1 is 1.03 bits per heavy atom. The number of carbonyl (C=O) groups excluding carboxylic acids is 1. The van der Waals surface area contributed by atoms with Gasteiger partial charge in [0.1, 0.15) is 0 Å². The van der Waals surface area contributed by atoms with Crippen LogP contribution in [0.4, 0.5) is 21.5 Å². The van der Waals surface area contributed by atoms with Crippen LogP contribution >= 0.6 is 0 Å². The Morgan fingerprint density at radius 2 is 1.67 bits per heavy atom. The molecule has 0 fully saturated rings.